The van der Waals surface area contributed by atoms with E-state index in [9.17, 15) is 4.79 Å². The molecule has 1 aliphatic heterocycles. The minimum absolute atomic E-state index is 0.00884. The van der Waals surface area contributed by atoms with Crippen molar-refractivity contribution in [3.63, 3.8) is 0 Å². The van der Waals surface area contributed by atoms with Gasteiger partial charge in [0.15, 0.2) is 6.29 Å². The molecule has 1 fully saturated rings. The van der Waals surface area contributed by atoms with Gasteiger partial charge in [0.2, 0.25) is 11.9 Å². The fourth-order valence-electron chi connectivity index (χ4n) is 3.31. The van der Waals surface area contributed by atoms with Crippen LogP contribution >= 0.6 is 0 Å². The summed E-state index contributed by atoms with van der Waals surface area (Å²) >= 11 is 0. The predicted octanol–water partition coefficient (Wildman–Crippen LogP) is 2.47. The van der Waals surface area contributed by atoms with Gasteiger partial charge in [0.25, 0.3) is 0 Å². The van der Waals surface area contributed by atoms with Gasteiger partial charge in [-0.15, -0.1) is 0 Å². The topological polar surface area (TPSA) is 78.9 Å². The molecular weight excluding hydrogens is 302 g/mol. The van der Waals surface area contributed by atoms with Crippen LogP contribution in [-0.2, 0) is 4.79 Å². The van der Waals surface area contributed by atoms with Crippen LogP contribution in [0.5, 0.6) is 0 Å². The number of benzene rings is 1. The summed E-state index contributed by atoms with van der Waals surface area (Å²) in [7, 11) is 0. The Bertz CT molecular complexity index is 760. The van der Waals surface area contributed by atoms with Gasteiger partial charge in [0, 0.05) is 11.4 Å². The second-order valence-corrected chi connectivity index (χ2v) is 6.54. The van der Waals surface area contributed by atoms with Gasteiger partial charge in [-0.3, -0.25) is 10.1 Å². The quantitative estimate of drug-likeness (QED) is 0.804. The van der Waals surface area contributed by atoms with E-state index in [4.69, 9.17) is 0 Å². The van der Waals surface area contributed by atoms with E-state index in [-0.39, 0.29) is 24.2 Å². The molecule has 1 saturated heterocycles. The number of aromatic nitrogens is 2. The van der Waals surface area contributed by atoms with Gasteiger partial charge in [0.05, 0.1) is 17.1 Å². The first-order valence-electron chi connectivity index (χ1n) is 8.56. The number of nitrogens with one attached hydrogen (secondary N) is 3. The highest BCUT2D eigenvalue weighted by Gasteiger charge is 2.32. The Kier molecular flexibility index (Phi) is 4.66. The van der Waals surface area contributed by atoms with Gasteiger partial charge in [-0.05, 0) is 32.8 Å². The third-order valence-electron chi connectivity index (χ3n) is 4.65. The van der Waals surface area contributed by atoms with Gasteiger partial charge >= 0.3 is 0 Å². The highest BCUT2D eigenvalue weighted by molar-refractivity contribution is 5.84. The standard InChI is InChI=1S/C18H25N5O/c1-5-7-14-12(4)20-18(22-16(14)24)23-17-19-11(3)13-9-6-8-10(2)15(13)21-17/h6,8-9,12,14,18,20H,5,7H2,1-4H3,(H,22,24)(H,19,21,23). The Morgan fingerprint density at radius 2 is 2.04 bits per heavy atom. The lowest BCUT2D eigenvalue weighted by Gasteiger charge is -2.35. The first-order valence-corrected chi connectivity index (χ1v) is 8.56. The molecule has 1 aromatic carbocycles. The molecule has 0 radical (unpaired) electrons. The Morgan fingerprint density at radius 1 is 1.25 bits per heavy atom. The lowest BCUT2D eigenvalue weighted by atomic mass is 9.93. The van der Waals surface area contributed by atoms with E-state index < -0.39 is 0 Å². The summed E-state index contributed by atoms with van der Waals surface area (Å²) < 4.78 is 0. The average Bonchev–Trinajstić information content (AvgIpc) is 2.52. The van der Waals surface area contributed by atoms with Crippen molar-refractivity contribution in [1.29, 1.82) is 0 Å². The molecule has 1 amide bonds. The summed E-state index contributed by atoms with van der Waals surface area (Å²) in [5.74, 6) is 0.608. The number of amides is 1. The molecule has 1 aliphatic rings. The largest absolute Gasteiger partial charge is 0.323 e. The minimum atomic E-state index is -0.360. The molecule has 3 rings (SSSR count). The van der Waals surface area contributed by atoms with Crippen LogP contribution in [0.3, 0.4) is 0 Å². The van der Waals surface area contributed by atoms with Gasteiger partial charge in [-0.1, -0.05) is 31.5 Å². The van der Waals surface area contributed by atoms with Crippen LogP contribution < -0.4 is 16.0 Å². The number of anilines is 1. The van der Waals surface area contributed by atoms with Crippen molar-refractivity contribution in [2.24, 2.45) is 5.92 Å². The Hall–Kier alpha value is -2.21. The highest BCUT2D eigenvalue weighted by atomic mass is 16.2. The average molecular weight is 327 g/mol. The maximum atomic E-state index is 12.3. The van der Waals surface area contributed by atoms with Crippen LogP contribution in [-0.4, -0.2) is 28.2 Å². The normalized spacial score (nSPS) is 24.0. The molecule has 128 valence electrons. The smallest absolute Gasteiger partial charge is 0.227 e. The zero-order chi connectivity index (χ0) is 17.3. The molecule has 6 heteroatoms. The third-order valence-corrected chi connectivity index (χ3v) is 4.65. The molecule has 2 aromatic rings. The van der Waals surface area contributed by atoms with Crippen LogP contribution in [0.1, 0.15) is 37.9 Å². The molecule has 0 spiro atoms. The fourth-order valence-corrected chi connectivity index (χ4v) is 3.31. The molecule has 2 heterocycles. The Balaban J connectivity index is 1.81. The highest BCUT2D eigenvalue weighted by Crippen LogP contribution is 2.21. The second kappa shape index (κ2) is 6.73. The summed E-state index contributed by atoms with van der Waals surface area (Å²) in [6.07, 6.45) is 1.52. The molecule has 6 nitrogen and oxygen atoms in total. The summed E-state index contributed by atoms with van der Waals surface area (Å²) in [6.45, 7) is 8.15. The van der Waals surface area contributed by atoms with E-state index in [1.165, 1.54) is 0 Å². The van der Waals surface area contributed by atoms with Gasteiger partial charge in [-0.25, -0.2) is 9.97 Å². The number of rotatable bonds is 4. The van der Waals surface area contributed by atoms with Crippen LogP contribution in [0.2, 0.25) is 0 Å². The molecule has 0 saturated carbocycles. The number of hydrogen-bond acceptors (Lipinski definition) is 5. The van der Waals surface area contributed by atoms with Crippen LogP contribution in [0.4, 0.5) is 5.95 Å². The first-order chi connectivity index (χ1) is 11.5. The Morgan fingerprint density at radius 3 is 2.75 bits per heavy atom. The number of hydrogen-bond donors (Lipinski definition) is 3. The number of fused-ring (bicyclic) bond motifs is 1. The summed E-state index contributed by atoms with van der Waals surface area (Å²) in [5.41, 5.74) is 2.97. The maximum Gasteiger partial charge on any atom is 0.227 e. The molecule has 0 aliphatic carbocycles. The number of para-hydroxylation sites is 1. The zero-order valence-electron chi connectivity index (χ0n) is 14.7. The summed E-state index contributed by atoms with van der Waals surface area (Å²) in [4.78, 5) is 21.4. The lowest BCUT2D eigenvalue weighted by Crippen LogP contribution is -2.63. The van der Waals surface area contributed by atoms with Crippen molar-refractivity contribution in [2.75, 3.05) is 5.32 Å². The molecule has 24 heavy (non-hydrogen) atoms. The van der Waals surface area contributed by atoms with E-state index in [1.807, 2.05) is 39.0 Å². The molecular formula is C18H25N5O. The number of aryl methyl sites for hydroxylation is 2. The third kappa shape index (κ3) is 3.19. The van der Waals surface area contributed by atoms with Crippen molar-refractivity contribution in [2.45, 2.75) is 52.9 Å². The maximum absolute atomic E-state index is 12.3. The van der Waals surface area contributed by atoms with Gasteiger partial charge < -0.3 is 10.6 Å². The van der Waals surface area contributed by atoms with E-state index in [0.29, 0.717) is 5.95 Å². The minimum Gasteiger partial charge on any atom is -0.323 e. The SMILES string of the molecule is CCCC1C(=O)NC(Nc2nc(C)c3cccc(C)c3n2)NC1C. The molecule has 0 bridgehead atoms. The monoisotopic (exact) mass is 327 g/mol. The van der Waals surface area contributed by atoms with E-state index in [1.54, 1.807) is 0 Å². The molecule has 3 unspecified atom stereocenters. The van der Waals surface area contributed by atoms with E-state index in [2.05, 4.69) is 32.8 Å². The van der Waals surface area contributed by atoms with E-state index in [0.717, 1.165) is 35.0 Å². The number of carbonyl (C=O) groups excluding carboxylic acids is 1. The van der Waals surface area contributed by atoms with Gasteiger partial charge in [0.1, 0.15) is 0 Å². The first kappa shape index (κ1) is 16.6. The van der Waals surface area contributed by atoms with Crippen molar-refractivity contribution in [1.82, 2.24) is 20.6 Å². The summed E-state index contributed by atoms with van der Waals surface area (Å²) in [5, 5.41) is 10.6. The van der Waals surface area contributed by atoms with Crippen LogP contribution in [0.15, 0.2) is 18.2 Å². The number of nitrogens with zero attached hydrogens (tertiary/aromatic N) is 2. The van der Waals surface area contributed by atoms with Crippen LogP contribution in [0.25, 0.3) is 10.9 Å². The van der Waals surface area contributed by atoms with E-state index >= 15 is 0 Å². The van der Waals surface area contributed by atoms with Gasteiger partial charge in [-0.2, -0.15) is 0 Å². The van der Waals surface area contributed by atoms with Crippen LogP contribution in [0, 0.1) is 19.8 Å². The van der Waals surface area contributed by atoms with Crippen molar-refractivity contribution < 1.29 is 4.79 Å². The predicted molar refractivity (Wildman–Crippen MR) is 95.6 cm³/mol. The van der Waals surface area contributed by atoms with Crippen molar-refractivity contribution >= 4 is 22.8 Å². The second-order valence-electron chi connectivity index (χ2n) is 6.54. The molecule has 3 atom stereocenters. The lowest BCUT2D eigenvalue weighted by molar-refractivity contribution is -0.129. The number of carbonyl (C=O) groups is 1. The fraction of sp³-hybridized carbons (Fsp3) is 0.500. The molecule has 1 aromatic heterocycles. The Labute approximate surface area is 142 Å². The molecule has 3 N–H and O–H groups in total. The van der Waals surface area contributed by atoms with Crippen molar-refractivity contribution in [3.8, 4) is 0 Å². The summed E-state index contributed by atoms with van der Waals surface area (Å²) in [6, 6.07) is 6.19. The zero-order valence-corrected chi connectivity index (χ0v) is 14.7. The van der Waals surface area contributed by atoms with Crippen molar-refractivity contribution in [3.05, 3.63) is 29.5 Å².